The van der Waals surface area contributed by atoms with E-state index in [9.17, 15) is 0 Å². The largest absolute Gasteiger partial charge is 0.369 e. The topological polar surface area (TPSA) is 29.9 Å². The van der Waals surface area contributed by atoms with Crippen LogP contribution in [0.1, 0.15) is 16.7 Å². The second-order valence-corrected chi connectivity index (χ2v) is 7.10. The van der Waals surface area contributed by atoms with Crippen molar-refractivity contribution in [2.75, 3.05) is 18.1 Å². The average molecular weight is 335 g/mol. The molecule has 3 nitrogen and oxygen atoms in total. The first-order valence-corrected chi connectivity index (χ1v) is 9.48. The zero-order chi connectivity index (χ0) is 16.7. The van der Waals surface area contributed by atoms with E-state index in [-0.39, 0.29) is 0 Å². The van der Waals surface area contributed by atoms with E-state index in [1.165, 1.54) is 27.1 Å². The van der Waals surface area contributed by atoms with Crippen LogP contribution in [-0.2, 0) is 6.42 Å². The summed E-state index contributed by atoms with van der Waals surface area (Å²) in [5.74, 6) is 1.15. The maximum absolute atomic E-state index is 5.01. The summed E-state index contributed by atoms with van der Waals surface area (Å²) in [5.41, 5.74) is 7.35. The van der Waals surface area contributed by atoms with Crippen LogP contribution in [0.4, 0.5) is 5.82 Å². The highest BCUT2D eigenvalue weighted by atomic mass is 32.2. The molecule has 122 valence electrons. The molecule has 0 unspecified atom stereocenters. The Morgan fingerprint density at radius 2 is 1.96 bits per heavy atom. The van der Waals surface area contributed by atoms with Gasteiger partial charge in [-0.05, 0) is 44.2 Å². The van der Waals surface area contributed by atoms with Gasteiger partial charge in [-0.1, -0.05) is 35.9 Å². The number of hydrogen-bond acceptors (Lipinski definition) is 3. The molecule has 2 heterocycles. The predicted molar refractivity (Wildman–Crippen MR) is 102 cm³/mol. The lowest BCUT2D eigenvalue weighted by Gasteiger charge is -2.10. The van der Waals surface area contributed by atoms with E-state index < -0.39 is 0 Å². The third-order valence-electron chi connectivity index (χ3n) is 4.59. The van der Waals surface area contributed by atoms with Crippen molar-refractivity contribution in [3.8, 4) is 16.9 Å². The molecule has 1 aliphatic heterocycles. The van der Waals surface area contributed by atoms with Gasteiger partial charge in [0.05, 0.1) is 11.4 Å². The van der Waals surface area contributed by atoms with E-state index >= 15 is 0 Å². The van der Waals surface area contributed by atoms with Crippen molar-refractivity contribution >= 4 is 17.6 Å². The van der Waals surface area contributed by atoms with E-state index in [0.29, 0.717) is 0 Å². The van der Waals surface area contributed by atoms with Crippen LogP contribution in [-0.4, -0.2) is 22.6 Å². The van der Waals surface area contributed by atoms with Crippen molar-refractivity contribution in [3.63, 3.8) is 0 Å². The molecule has 0 bridgehead atoms. The predicted octanol–water partition coefficient (Wildman–Crippen LogP) is 4.85. The van der Waals surface area contributed by atoms with Crippen LogP contribution in [0.3, 0.4) is 0 Å². The molecule has 1 aromatic heterocycles. The van der Waals surface area contributed by atoms with Crippen LogP contribution in [0.15, 0.2) is 47.4 Å². The lowest BCUT2D eigenvalue weighted by atomic mass is 10.1. The van der Waals surface area contributed by atoms with Crippen molar-refractivity contribution in [1.82, 2.24) is 9.78 Å². The molecule has 0 saturated carbocycles. The van der Waals surface area contributed by atoms with Crippen LogP contribution in [0, 0.1) is 13.8 Å². The van der Waals surface area contributed by atoms with Gasteiger partial charge in [-0.2, -0.15) is 5.10 Å². The average Bonchev–Trinajstić information content (AvgIpc) is 3.18. The Bertz CT molecular complexity index is 911. The zero-order valence-corrected chi connectivity index (χ0v) is 15.1. The first kappa shape index (κ1) is 15.3. The lowest BCUT2D eigenvalue weighted by molar-refractivity contribution is 0.873. The molecule has 3 aromatic rings. The summed E-state index contributed by atoms with van der Waals surface area (Å²) >= 11 is 1.78. The summed E-state index contributed by atoms with van der Waals surface area (Å²) in [7, 11) is 0. The molecule has 24 heavy (non-hydrogen) atoms. The van der Waals surface area contributed by atoms with Crippen molar-refractivity contribution in [3.05, 3.63) is 59.2 Å². The Morgan fingerprint density at radius 3 is 2.75 bits per heavy atom. The number of benzene rings is 2. The summed E-state index contributed by atoms with van der Waals surface area (Å²) in [6.45, 7) is 5.26. The number of hydrogen-bond donors (Lipinski definition) is 1. The quantitative estimate of drug-likeness (QED) is 0.694. The molecule has 4 heteroatoms. The maximum Gasteiger partial charge on any atom is 0.133 e. The summed E-state index contributed by atoms with van der Waals surface area (Å²) in [5, 5.41) is 8.54. The maximum atomic E-state index is 5.01. The van der Waals surface area contributed by atoms with E-state index in [1.54, 1.807) is 11.8 Å². The Hall–Kier alpha value is -2.20. The Balaban J connectivity index is 1.93. The van der Waals surface area contributed by atoms with Gasteiger partial charge in [0.2, 0.25) is 0 Å². The number of anilines is 1. The molecule has 0 aliphatic carbocycles. The Kier molecular flexibility index (Phi) is 3.85. The number of rotatable bonds is 3. The molecule has 0 atom stereocenters. The number of nitrogens with zero attached hydrogens (tertiary/aromatic N) is 2. The third kappa shape index (κ3) is 2.42. The van der Waals surface area contributed by atoms with Crippen LogP contribution in [0.25, 0.3) is 16.9 Å². The Labute approximate surface area is 147 Å². The van der Waals surface area contributed by atoms with Gasteiger partial charge in [0.1, 0.15) is 5.82 Å². The number of nitrogens with one attached hydrogen (secondary N) is 1. The van der Waals surface area contributed by atoms with Gasteiger partial charge in [0.15, 0.2) is 0 Å². The van der Waals surface area contributed by atoms with Crippen molar-refractivity contribution in [2.24, 2.45) is 0 Å². The highest BCUT2D eigenvalue weighted by molar-refractivity contribution is 7.98. The fourth-order valence-electron chi connectivity index (χ4n) is 3.45. The van der Waals surface area contributed by atoms with Crippen LogP contribution in [0.2, 0.25) is 0 Å². The standard InChI is InChI=1S/C20H21N3S/c1-13-8-9-17(14(2)12-13)23-20-16(10-11-21-20)19(22-23)15-6-4-5-7-18(15)24-3/h4-9,12,21H,10-11H2,1-3H3. The minimum absolute atomic E-state index is 0.979. The summed E-state index contributed by atoms with van der Waals surface area (Å²) < 4.78 is 2.09. The lowest BCUT2D eigenvalue weighted by Crippen LogP contribution is -2.06. The second kappa shape index (κ2) is 6.02. The Morgan fingerprint density at radius 1 is 1.12 bits per heavy atom. The van der Waals surface area contributed by atoms with Gasteiger partial charge in [0, 0.05) is 22.6 Å². The SMILES string of the molecule is CSc1ccccc1-c1nn(-c2ccc(C)cc2C)c2c1CCN2. The van der Waals surface area contributed by atoms with Gasteiger partial charge < -0.3 is 5.32 Å². The van der Waals surface area contributed by atoms with Gasteiger partial charge >= 0.3 is 0 Å². The normalized spacial score (nSPS) is 13.0. The first-order valence-electron chi connectivity index (χ1n) is 8.26. The monoisotopic (exact) mass is 335 g/mol. The van der Waals surface area contributed by atoms with Crippen LogP contribution < -0.4 is 5.32 Å². The zero-order valence-electron chi connectivity index (χ0n) is 14.3. The van der Waals surface area contributed by atoms with Crippen LogP contribution in [0.5, 0.6) is 0 Å². The highest BCUT2D eigenvalue weighted by Crippen LogP contribution is 2.38. The van der Waals surface area contributed by atoms with E-state index in [0.717, 1.165) is 30.2 Å². The number of aryl methyl sites for hydroxylation is 2. The number of fused-ring (bicyclic) bond motifs is 1. The molecule has 1 N–H and O–H groups in total. The highest BCUT2D eigenvalue weighted by Gasteiger charge is 2.25. The fraction of sp³-hybridized carbons (Fsp3) is 0.250. The van der Waals surface area contributed by atoms with E-state index in [2.05, 4.69) is 72.6 Å². The smallest absolute Gasteiger partial charge is 0.133 e. The van der Waals surface area contributed by atoms with Crippen molar-refractivity contribution < 1.29 is 0 Å². The molecule has 1 aliphatic rings. The summed E-state index contributed by atoms with van der Waals surface area (Å²) in [6.07, 6.45) is 3.15. The second-order valence-electron chi connectivity index (χ2n) is 6.25. The molecule has 4 rings (SSSR count). The third-order valence-corrected chi connectivity index (χ3v) is 5.39. The van der Waals surface area contributed by atoms with Crippen molar-refractivity contribution in [1.29, 1.82) is 0 Å². The molecule has 0 fully saturated rings. The fourth-order valence-corrected chi connectivity index (χ4v) is 4.05. The summed E-state index contributed by atoms with van der Waals surface area (Å²) in [6, 6.07) is 15.1. The van der Waals surface area contributed by atoms with Crippen LogP contribution >= 0.6 is 11.8 Å². The van der Waals surface area contributed by atoms with Gasteiger partial charge in [-0.25, -0.2) is 4.68 Å². The minimum Gasteiger partial charge on any atom is -0.369 e. The van der Waals surface area contributed by atoms with Gasteiger partial charge in [0.25, 0.3) is 0 Å². The molecule has 0 spiro atoms. The first-order chi connectivity index (χ1) is 11.7. The van der Waals surface area contributed by atoms with E-state index in [4.69, 9.17) is 5.10 Å². The molecular formula is C20H21N3S. The summed E-state index contributed by atoms with van der Waals surface area (Å²) in [4.78, 5) is 1.28. The number of thioether (sulfide) groups is 1. The minimum atomic E-state index is 0.979. The molecule has 0 saturated heterocycles. The number of aromatic nitrogens is 2. The van der Waals surface area contributed by atoms with Gasteiger partial charge in [-0.15, -0.1) is 11.8 Å². The van der Waals surface area contributed by atoms with Crippen molar-refractivity contribution in [2.45, 2.75) is 25.2 Å². The molecule has 0 radical (unpaired) electrons. The van der Waals surface area contributed by atoms with E-state index in [1.807, 2.05) is 0 Å². The molecular weight excluding hydrogens is 314 g/mol. The van der Waals surface area contributed by atoms with Gasteiger partial charge in [-0.3, -0.25) is 0 Å². The molecule has 0 amide bonds. The molecule has 2 aromatic carbocycles.